The number of hydrogen-bond donors (Lipinski definition) is 0. The zero-order chi connectivity index (χ0) is 24.5. The lowest BCUT2D eigenvalue weighted by Crippen LogP contribution is -2.19. The van der Waals surface area contributed by atoms with Crippen LogP contribution in [-0.2, 0) is 7.05 Å². The van der Waals surface area contributed by atoms with E-state index in [9.17, 15) is 4.79 Å². The van der Waals surface area contributed by atoms with Crippen LogP contribution in [0.2, 0.25) is 0 Å². The van der Waals surface area contributed by atoms with Gasteiger partial charge in [0.15, 0.2) is 5.69 Å². The Morgan fingerprint density at radius 1 is 1.03 bits per heavy atom. The van der Waals surface area contributed by atoms with Crippen LogP contribution in [0.4, 0.5) is 5.69 Å². The van der Waals surface area contributed by atoms with Crippen LogP contribution in [0.25, 0.3) is 16.9 Å². The highest BCUT2D eigenvalue weighted by molar-refractivity contribution is 9.10. The van der Waals surface area contributed by atoms with Crippen LogP contribution >= 0.6 is 27.3 Å². The van der Waals surface area contributed by atoms with Crippen molar-refractivity contribution in [2.24, 2.45) is 17.1 Å². The maximum Gasteiger partial charge on any atom is 0.297 e. The summed E-state index contributed by atoms with van der Waals surface area (Å²) >= 11 is 4.97. The molecule has 2 aromatic carbocycles. The first-order valence-corrected chi connectivity index (χ1v) is 12.6. The van der Waals surface area contributed by atoms with E-state index in [0.717, 1.165) is 32.9 Å². The van der Waals surface area contributed by atoms with Crippen molar-refractivity contribution in [3.63, 3.8) is 0 Å². The zero-order valence-corrected chi connectivity index (χ0v) is 21.7. The van der Waals surface area contributed by atoms with Crippen LogP contribution in [0.15, 0.2) is 95.9 Å². The highest BCUT2D eigenvalue weighted by Gasteiger charge is 2.17. The number of hydrogen-bond acceptors (Lipinski definition) is 5. The van der Waals surface area contributed by atoms with Crippen molar-refractivity contribution in [1.29, 1.82) is 0 Å². The number of rotatable bonds is 5. The van der Waals surface area contributed by atoms with Crippen molar-refractivity contribution >= 4 is 39.2 Å². The summed E-state index contributed by atoms with van der Waals surface area (Å²) in [6, 6.07) is 21.3. The summed E-state index contributed by atoms with van der Waals surface area (Å²) in [5.74, 6) is 1.44. The lowest BCUT2D eigenvalue weighted by atomic mass is 10.2. The molecule has 9 heteroatoms. The van der Waals surface area contributed by atoms with Crippen molar-refractivity contribution in [3.05, 3.63) is 109 Å². The van der Waals surface area contributed by atoms with Gasteiger partial charge in [-0.3, -0.25) is 9.48 Å². The van der Waals surface area contributed by atoms with Crippen LogP contribution in [-0.4, -0.2) is 20.3 Å². The Morgan fingerprint density at radius 3 is 2.54 bits per heavy atom. The Bertz CT molecular complexity index is 1670. The Hall–Kier alpha value is -3.69. The second-order valence-corrected chi connectivity index (χ2v) is 9.69. The van der Waals surface area contributed by atoms with Crippen molar-refractivity contribution in [2.75, 3.05) is 0 Å². The van der Waals surface area contributed by atoms with Gasteiger partial charge >= 0.3 is 0 Å². The minimum absolute atomic E-state index is 0.189. The SMILES string of the molecule is Cc1ccc(C=Nn2c(-c3cccc(Br)c3)csc2=Nc2c(C)n(C)n(-c3ccccc3)c2=O)o1. The van der Waals surface area contributed by atoms with E-state index in [4.69, 9.17) is 9.41 Å². The van der Waals surface area contributed by atoms with E-state index in [1.165, 1.54) is 11.3 Å². The summed E-state index contributed by atoms with van der Waals surface area (Å²) in [4.78, 5) is 18.8. The number of benzene rings is 2. The minimum atomic E-state index is -0.189. The highest BCUT2D eigenvalue weighted by atomic mass is 79.9. The van der Waals surface area contributed by atoms with Gasteiger partial charge in [-0.05, 0) is 50.2 Å². The molecule has 0 fully saturated rings. The third-order valence-electron chi connectivity index (χ3n) is 5.60. The molecule has 3 heterocycles. The first-order chi connectivity index (χ1) is 16.9. The molecular weight excluding hydrogens is 526 g/mol. The quantitative estimate of drug-likeness (QED) is 0.261. The topological polar surface area (TPSA) is 69.7 Å². The number of thiazole rings is 1. The third-order valence-corrected chi connectivity index (χ3v) is 6.91. The highest BCUT2D eigenvalue weighted by Crippen LogP contribution is 2.24. The van der Waals surface area contributed by atoms with Crippen molar-refractivity contribution in [1.82, 2.24) is 14.0 Å². The zero-order valence-electron chi connectivity index (χ0n) is 19.3. The summed E-state index contributed by atoms with van der Waals surface area (Å²) in [6.07, 6.45) is 1.65. The molecule has 0 N–H and O–H groups in total. The van der Waals surface area contributed by atoms with Gasteiger partial charge in [0.25, 0.3) is 5.56 Å². The Morgan fingerprint density at radius 2 is 1.83 bits per heavy atom. The van der Waals surface area contributed by atoms with Crippen LogP contribution in [0.5, 0.6) is 0 Å². The summed E-state index contributed by atoms with van der Waals surface area (Å²) in [7, 11) is 1.86. The Balaban J connectivity index is 1.70. The lowest BCUT2D eigenvalue weighted by Gasteiger charge is -2.07. The first kappa shape index (κ1) is 23.1. The molecular formula is C26H22BrN5O2S. The van der Waals surface area contributed by atoms with Gasteiger partial charge in [0.05, 0.1) is 23.3 Å². The Labute approximate surface area is 214 Å². The number of aryl methyl sites for hydroxylation is 1. The third kappa shape index (κ3) is 4.52. The molecule has 5 aromatic rings. The minimum Gasteiger partial charge on any atom is -0.460 e. The predicted molar refractivity (Wildman–Crippen MR) is 143 cm³/mol. The van der Waals surface area contributed by atoms with Gasteiger partial charge in [0.1, 0.15) is 11.5 Å². The van der Waals surface area contributed by atoms with Gasteiger partial charge in [-0.25, -0.2) is 14.4 Å². The maximum absolute atomic E-state index is 13.4. The summed E-state index contributed by atoms with van der Waals surface area (Å²) in [5.41, 5.74) is 3.54. The van der Waals surface area contributed by atoms with E-state index in [1.54, 1.807) is 15.6 Å². The molecule has 0 unspecified atom stereocenters. The molecule has 0 atom stereocenters. The maximum atomic E-state index is 13.4. The van der Waals surface area contributed by atoms with Gasteiger partial charge < -0.3 is 4.42 Å². The molecule has 0 aliphatic rings. The van der Waals surface area contributed by atoms with Gasteiger partial charge in [0.2, 0.25) is 4.80 Å². The van der Waals surface area contributed by atoms with E-state index in [0.29, 0.717) is 16.2 Å². The molecule has 0 saturated carbocycles. The molecule has 0 aliphatic heterocycles. The molecule has 0 saturated heterocycles. The molecule has 5 rings (SSSR count). The molecule has 176 valence electrons. The van der Waals surface area contributed by atoms with Crippen LogP contribution in [0.1, 0.15) is 17.2 Å². The average molecular weight is 548 g/mol. The molecule has 0 spiro atoms. The van der Waals surface area contributed by atoms with Gasteiger partial charge in [-0.2, -0.15) is 5.10 Å². The summed E-state index contributed by atoms with van der Waals surface area (Å²) < 4.78 is 11.8. The van der Waals surface area contributed by atoms with Crippen molar-refractivity contribution in [2.45, 2.75) is 13.8 Å². The normalized spacial score (nSPS) is 12.2. The van der Waals surface area contributed by atoms with Crippen LogP contribution < -0.4 is 10.4 Å². The number of halogens is 1. The van der Waals surface area contributed by atoms with E-state index >= 15 is 0 Å². The van der Waals surface area contributed by atoms with Crippen LogP contribution in [0.3, 0.4) is 0 Å². The second-order valence-electron chi connectivity index (χ2n) is 7.94. The fraction of sp³-hybridized carbons (Fsp3) is 0.115. The molecule has 0 radical (unpaired) electrons. The van der Waals surface area contributed by atoms with E-state index in [-0.39, 0.29) is 5.56 Å². The molecule has 0 aliphatic carbocycles. The van der Waals surface area contributed by atoms with E-state index in [2.05, 4.69) is 21.0 Å². The largest absolute Gasteiger partial charge is 0.460 e. The van der Waals surface area contributed by atoms with Crippen molar-refractivity contribution in [3.8, 4) is 16.9 Å². The summed E-state index contributed by atoms with van der Waals surface area (Å²) in [5, 5.41) is 6.67. The first-order valence-electron chi connectivity index (χ1n) is 10.9. The average Bonchev–Trinajstić information content (AvgIpc) is 3.51. The standard InChI is InChI=1S/C26H22BrN5O2S/c1-17-12-13-22(34-17)15-28-31-23(19-8-7-9-20(27)14-19)16-35-26(31)29-24-18(2)30(3)32(25(24)33)21-10-5-4-6-11-21/h4-16H,1-3H3. The second kappa shape index (κ2) is 9.52. The Kier molecular flexibility index (Phi) is 6.27. The summed E-state index contributed by atoms with van der Waals surface area (Å²) in [6.45, 7) is 3.78. The van der Waals surface area contributed by atoms with Gasteiger partial charge in [-0.15, -0.1) is 11.3 Å². The number of para-hydroxylation sites is 1. The fourth-order valence-corrected chi connectivity index (χ4v) is 4.99. The lowest BCUT2D eigenvalue weighted by molar-refractivity contribution is 0.527. The molecule has 0 amide bonds. The van der Waals surface area contributed by atoms with Crippen molar-refractivity contribution < 1.29 is 4.42 Å². The molecule has 3 aromatic heterocycles. The monoisotopic (exact) mass is 547 g/mol. The number of furan rings is 1. The number of nitrogens with zero attached hydrogens (tertiary/aromatic N) is 5. The van der Waals surface area contributed by atoms with E-state index in [1.807, 2.05) is 97.7 Å². The number of aromatic nitrogens is 3. The molecule has 0 bridgehead atoms. The predicted octanol–water partition coefficient (Wildman–Crippen LogP) is 5.79. The molecule has 35 heavy (non-hydrogen) atoms. The van der Waals surface area contributed by atoms with Crippen LogP contribution in [0, 0.1) is 13.8 Å². The van der Waals surface area contributed by atoms with E-state index < -0.39 is 0 Å². The molecule has 7 nitrogen and oxygen atoms in total. The smallest absolute Gasteiger partial charge is 0.297 e. The van der Waals surface area contributed by atoms with Gasteiger partial charge in [0, 0.05) is 22.5 Å². The van der Waals surface area contributed by atoms with Gasteiger partial charge in [-0.1, -0.05) is 46.3 Å². The fourth-order valence-electron chi connectivity index (χ4n) is 3.75.